The Kier molecular flexibility index (Phi) is 14.2. The van der Waals surface area contributed by atoms with Crippen LogP contribution in [0.25, 0.3) is 11.1 Å². The van der Waals surface area contributed by atoms with Crippen molar-refractivity contribution < 1.29 is 29.2 Å². The van der Waals surface area contributed by atoms with Crippen molar-refractivity contribution in [2.45, 2.75) is 84.3 Å². The van der Waals surface area contributed by atoms with E-state index in [1.807, 2.05) is 30.3 Å². The number of carbonyl (C=O) groups is 1. The number of hydrogen-bond donors (Lipinski definition) is 4. The lowest BCUT2D eigenvalue weighted by Gasteiger charge is -2.29. The Morgan fingerprint density at radius 1 is 0.963 bits per heavy atom. The normalized spacial score (nSPS) is 17.6. The lowest BCUT2D eigenvalue weighted by atomic mass is 9.93. The molecule has 4 N–H and O–H groups in total. The van der Waals surface area contributed by atoms with Gasteiger partial charge in [-0.05, 0) is 92.0 Å². The molecular formula is C43H53ClN4O6. The first kappa shape index (κ1) is 39.5. The number of pyridine rings is 1. The molecule has 0 saturated carbocycles. The average molecular weight is 757 g/mol. The van der Waals surface area contributed by atoms with Crippen molar-refractivity contribution in [3.63, 3.8) is 0 Å². The van der Waals surface area contributed by atoms with Crippen molar-refractivity contribution in [1.82, 2.24) is 20.5 Å². The van der Waals surface area contributed by atoms with Crippen molar-refractivity contribution in [2.75, 3.05) is 39.4 Å². The third-order valence-corrected chi connectivity index (χ3v) is 10.8. The summed E-state index contributed by atoms with van der Waals surface area (Å²) in [4.78, 5) is 19.4. The summed E-state index contributed by atoms with van der Waals surface area (Å²) in [6.45, 7) is 9.20. The maximum absolute atomic E-state index is 12.7. The number of benzene rings is 3. The number of aromatic nitrogens is 1. The maximum atomic E-state index is 12.7. The molecule has 11 heteroatoms. The Bertz CT molecular complexity index is 1860. The molecule has 0 aliphatic carbocycles. The van der Waals surface area contributed by atoms with Crippen LogP contribution >= 0.6 is 11.6 Å². The molecule has 10 nitrogen and oxygen atoms in total. The number of carbonyl (C=O) groups excluding carboxylic acids is 1. The quantitative estimate of drug-likeness (QED) is 0.130. The predicted molar refractivity (Wildman–Crippen MR) is 211 cm³/mol. The molecule has 3 aromatic carbocycles. The van der Waals surface area contributed by atoms with Crippen LogP contribution in [0.4, 0.5) is 0 Å². The van der Waals surface area contributed by atoms with Gasteiger partial charge in [0.05, 0.1) is 29.9 Å². The van der Waals surface area contributed by atoms with E-state index in [1.54, 1.807) is 18.5 Å². The molecular weight excluding hydrogens is 704 g/mol. The summed E-state index contributed by atoms with van der Waals surface area (Å²) in [6, 6.07) is 17.8. The van der Waals surface area contributed by atoms with Gasteiger partial charge in [0, 0.05) is 68.4 Å². The number of amides is 1. The maximum Gasteiger partial charge on any atom is 0.252 e. The Balaban J connectivity index is 1.16. The molecule has 4 aromatic rings. The van der Waals surface area contributed by atoms with Gasteiger partial charge in [-0.25, -0.2) is 0 Å². The Morgan fingerprint density at radius 3 is 2.57 bits per heavy atom. The van der Waals surface area contributed by atoms with Crippen LogP contribution in [0.15, 0.2) is 67.0 Å². The van der Waals surface area contributed by atoms with E-state index in [1.165, 1.54) is 0 Å². The molecule has 2 aliphatic heterocycles. The van der Waals surface area contributed by atoms with Crippen LogP contribution in [0.3, 0.4) is 0 Å². The van der Waals surface area contributed by atoms with Crippen molar-refractivity contribution in [3.05, 3.63) is 105 Å². The second kappa shape index (κ2) is 19.4. The number of nitrogens with zero attached hydrogens (tertiary/aromatic N) is 2. The fourth-order valence-corrected chi connectivity index (χ4v) is 7.35. The van der Waals surface area contributed by atoms with Gasteiger partial charge in [-0.3, -0.25) is 9.78 Å². The van der Waals surface area contributed by atoms with Gasteiger partial charge in [0.2, 0.25) is 0 Å². The number of halogens is 1. The van der Waals surface area contributed by atoms with Crippen molar-refractivity contribution in [2.24, 2.45) is 0 Å². The van der Waals surface area contributed by atoms with E-state index in [2.05, 4.69) is 52.6 Å². The summed E-state index contributed by atoms with van der Waals surface area (Å²) in [5.74, 6) is 1.80. The number of aliphatic hydroxyl groups excluding tert-OH is 2. The monoisotopic (exact) mass is 756 g/mol. The number of hydrogen-bond acceptors (Lipinski definition) is 9. The van der Waals surface area contributed by atoms with Gasteiger partial charge in [-0.1, -0.05) is 48.4 Å². The first-order valence-corrected chi connectivity index (χ1v) is 19.5. The number of fused-ring (bicyclic) bond motifs is 3. The zero-order chi connectivity index (χ0) is 37.9. The molecule has 1 aromatic heterocycles. The summed E-state index contributed by atoms with van der Waals surface area (Å²) in [7, 11) is 0. The van der Waals surface area contributed by atoms with Crippen LogP contribution in [0, 0.1) is 13.8 Å². The van der Waals surface area contributed by atoms with E-state index in [4.69, 9.17) is 25.8 Å². The first-order chi connectivity index (χ1) is 26.3. The highest BCUT2D eigenvalue weighted by Gasteiger charge is 2.19. The highest BCUT2D eigenvalue weighted by molar-refractivity contribution is 6.32. The van der Waals surface area contributed by atoms with Gasteiger partial charge in [-0.2, -0.15) is 0 Å². The molecule has 2 aliphatic rings. The third-order valence-electron chi connectivity index (χ3n) is 10.5. The van der Waals surface area contributed by atoms with E-state index in [0.717, 1.165) is 103 Å². The van der Waals surface area contributed by atoms with Gasteiger partial charge in [0.25, 0.3) is 5.91 Å². The average Bonchev–Trinajstić information content (AvgIpc) is 3.18. The topological polar surface area (TPSA) is 125 Å². The molecule has 3 heterocycles. The van der Waals surface area contributed by atoms with Gasteiger partial charge in [0.1, 0.15) is 30.5 Å². The first-order valence-electron chi connectivity index (χ1n) is 19.1. The highest BCUT2D eigenvalue weighted by Crippen LogP contribution is 2.36. The summed E-state index contributed by atoms with van der Waals surface area (Å²) in [5.41, 5.74) is 7.54. The minimum Gasteiger partial charge on any atom is -0.493 e. The third kappa shape index (κ3) is 10.5. The molecule has 288 valence electrons. The molecule has 0 spiro atoms. The Morgan fingerprint density at radius 2 is 1.76 bits per heavy atom. The number of rotatable bonds is 10. The predicted octanol–water partition coefficient (Wildman–Crippen LogP) is 6.77. The molecule has 1 atom stereocenters. The van der Waals surface area contributed by atoms with E-state index < -0.39 is 0 Å². The lowest BCUT2D eigenvalue weighted by Crippen LogP contribution is -2.36. The van der Waals surface area contributed by atoms with Crippen LogP contribution in [0.2, 0.25) is 5.02 Å². The summed E-state index contributed by atoms with van der Waals surface area (Å²) in [5, 5.41) is 26.7. The lowest BCUT2D eigenvalue weighted by molar-refractivity contribution is 0.0800. The van der Waals surface area contributed by atoms with Gasteiger partial charge >= 0.3 is 0 Å². The minimum absolute atomic E-state index is 0.00510. The molecule has 0 unspecified atom stereocenters. The van der Waals surface area contributed by atoms with Crippen molar-refractivity contribution >= 4 is 17.5 Å². The van der Waals surface area contributed by atoms with Crippen LogP contribution < -0.4 is 24.8 Å². The van der Waals surface area contributed by atoms with E-state index in [0.29, 0.717) is 48.4 Å². The van der Waals surface area contributed by atoms with Crippen LogP contribution in [-0.2, 0) is 19.8 Å². The number of ether oxygens (including phenoxy) is 3. The molecule has 1 fully saturated rings. The second-order valence-corrected chi connectivity index (χ2v) is 14.8. The zero-order valence-electron chi connectivity index (χ0n) is 31.4. The molecule has 1 saturated heterocycles. The zero-order valence-corrected chi connectivity index (χ0v) is 32.2. The number of nitrogens with one attached hydrogen (secondary N) is 2. The van der Waals surface area contributed by atoms with Crippen LogP contribution in [0.5, 0.6) is 17.2 Å². The molecule has 2 bridgehead atoms. The summed E-state index contributed by atoms with van der Waals surface area (Å²) >= 11 is 6.85. The SMILES string of the molecule is Cc1c(COc2cc3c(cc2Cl)CN[C@H](CO)CCCCNC(=O)c2cncc(c2)CO3)cccc1-c1cccc(OCCCN2CCC(O)CC2)c1C. The second-order valence-electron chi connectivity index (χ2n) is 14.4. The Hall–Kier alpha value is -4.19. The minimum atomic E-state index is -0.173. The fraction of sp³-hybridized carbons (Fsp3) is 0.442. The standard InChI is InChI=1S/C43H53ClN4O6/c1-29-32(8-5-10-37(29)38-11-6-12-40(30(38)2)52-19-7-16-48-17-13-36(50)14-18-48)28-54-42-22-41-33(21-39(42)44)25-47-35(26-49)9-3-4-15-46-43(51)34-20-31(27-53-41)23-45-24-34/h5-6,8,10-12,20-24,35-36,47,49-50H,3-4,7,9,13-19,25-28H2,1-2H3,(H,46,51)/t35-/m0/s1. The van der Waals surface area contributed by atoms with E-state index in [-0.39, 0.29) is 31.3 Å². The molecule has 54 heavy (non-hydrogen) atoms. The summed E-state index contributed by atoms with van der Waals surface area (Å²) in [6.07, 6.45) is 8.13. The number of aliphatic hydroxyl groups is 2. The van der Waals surface area contributed by atoms with Gasteiger partial charge in [0.15, 0.2) is 0 Å². The van der Waals surface area contributed by atoms with Crippen LogP contribution in [0.1, 0.15) is 76.7 Å². The number of likely N-dealkylation sites (tertiary alicyclic amines) is 1. The molecule has 1 amide bonds. The smallest absolute Gasteiger partial charge is 0.252 e. The molecule has 6 rings (SSSR count). The van der Waals surface area contributed by atoms with E-state index in [9.17, 15) is 15.0 Å². The van der Waals surface area contributed by atoms with E-state index >= 15 is 0 Å². The molecule has 0 radical (unpaired) electrons. The fourth-order valence-electron chi connectivity index (χ4n) is 7.11. The Labute approximate surface area is 323 Å². The summed E-state index contributed by atoms with van der Waals surface area (Å²) < 4.78 is 19.0. The largest absolute Gasteiger partial charge is 0.493 e. The van der Waals surface area contributed by atoms with Crippen molar-refractivity contribution in [1.29, 1.82) is 0 Å². The van der Waals surface area contributed by atoms with Crippen LogP contribution in [-0.4, -0.2) is 77.5 Å². The van der Waals surface area contributed by atoms with Gasteiger partial charge in [-0.15, -0.1) is 0 Å². The van der Waals surface area contributed by atoms with Gasteiger partial charge < -0.3 is 40.0 Å². The highest BCUT2D eigenvalue weighted by atomic mass is 35.5. The van der Waals surface area contributed by atoms with Crippen molar-refractivity contribution in [3.8, 4) is 28.4 Å². The number of piperidine rings is 1.